The number of halogens is 1. The molecule has 1 unspecified atom stereocenters. The Morgan fingerprint density at radius 1 is 1.10 bits per heavy atom. The highest BCUT2D eigenvalue weighted by molar-refractivity contribution is 6.30. The summed E-state index contributed by atoms with van der Waals surface area (Å²) in [4.78, 5) is 0. The van der Waals surface area contributed by atoms with Crippen molar-refractivity contribution in [3.63, 3.8) is 0 Å². The Bertz CT molecular complexity index is 515. The topological polar surface area (TPSA) is 21.3 Å². The van der Waals surface area contributed by atoms with E-state index in [1.54, 1.807) is 0 Å². The maximum absolute atomic E-state index is 5.94. The second-order valence-electron chi connectivity index (χ2n) is 4.78. The van der Waals surface area contributed by atoms with E-state index in [0.717, 1.165) is 18.6 Å². The van der Waals surface area contributed by atoms with Crippen molar-refractivity contribution in [3.8, 4) is 5.75 Å². The van der Waals surface area contributed by atoms with Crippen molar-refractivity contribution in [2.45, 2.75) is 18.9 Å². The summed E-state index contributed by atoms with van der Waals surface area (Å²) in [5.41, 5.74) is 1.36. The van der Waals surface area contributed by atoms with Gasteiger partial charge in [0.1, 0.15) is 12.4 Å². The summed E-state index contributed by atoms with van der Waals surface area (Å²) in [7, 11) is 1.97. The summed E-state index contributed by atoms with van der Waals surface area (Å²) in [6.45, 7) is 0.643. The zero-order chi connectivity index (χ0) is 14.2. The number of aryl methyl sites for hydroxylation is 1. The van der Waals surface area contributed by atoms with Crippen LogP contribution in [0.3, 0.4) is 0 Å². The minimum atomic E-state index is 0.328. The first-order valence-electron chi connectivity index (χ1n) is 6.87. The molecule has 2 rings (SSSR count). The predicted octanol–water partition coefficient (Wildman–Crippen LogP) is 3.94. The van der Waals surface area contributed by atoms with Crippen LogP contribution in [0.5, 0.6) is 5.75 Å². The third-order valence-electron chi connectivity index (χ3n) is 3.28. The monoisotopic (exact) mass is 289 g/mol. The van der Waals surface area contributed by atoms with Crippen LogP contribution in [0.2, 0.25) is 5.02 Å². The van der Waals surface area contributed by atoms with Gasteiger partial charge in [-0.05, 0) is 43.7 Å². The number of ether oxygens (including phenoxy) is 1. The Kier molecular flexibility index (Phi) is 5.90. The van der Waals surface area contributed by atoms with Gasteiger partial charge in [-0.2, -0.15) is 0 Å². The summed E-state index contributed by atoms with van der Waals surface area (Å²) in [6.07, 6.45) is 2.09. The first kappa shape index (κ1) is 14.9. The fourth-order valence-corrected chi connectivity index (χ4v) is 2.23. The Morgan fingerprint density at radius 2 is 1.90 bits per heavy atom. The van der Waals surface area contributed by atoms with Crippen LogP contribution in [0, 0.1) is 0 Å². The van der Waals surface area contributed by atoms with E-state index in [0.29, 0.717) is 17.7 Å². The van der Waals surface area contributed by atoms with Gasteiger partial charge in [-0.25, -0.2) is 0 Å². The number of nitrogens with one attached hydrogen (secondary N) is 1. The molecule has 0 saturated heterocycles. The van der Waals surface area contributed by atoms with Crippen molar-refractivity contribution in [3.05, 3.63) is 65.2 Å². The van der Waals surface area contributed by atoms with Crippen molar-refractivity contribution in [2.24, 2.45) is 0 Å². The van der Waals surface area contributed by atoms with Crippen LogP contribution in [0.4, 0.5) is 0 Å². The Labute approximate surface area is 125 Å². The van der Waals surface area contributed by atoms with Crippen molar-refractivity contribution in [1.82, 2.24) is 5.32 Å². The highest BCUT2D eigenvalue weighted by atomic mass is 35.5. The maximum atomic E-state index is 5.94. The maximum Gasteiger partial charge on any atom is 0.120 e. The quantitative estimate of drug-likeness (QED) is 0.833. The van der Waals surface area contributed by atoms with Gasteiger partial charge in [-0.15, -0.1) is 0 Å². The molecular weight excluding hydrogens is 270 g/mol. The van der Waals surface area contributed by atoms with Crippen LogP contribution in [0.1, 0.15) is 12.0 Å². The molecule has 0 saturated carbocycles. The molecule has 2 aromatic rings. The van der Waals surface area contributed by atoms with Gasteiger partial charge in [-0.1, -0.05) is 48.0 Å². The van der Waals surface area contributed by atoms with Crippen LogP contribution in [-0.4, -0.2) is 19.7 Å². The smallest absolute Gasteiger partial charge is 0.120 e. The zero-order valence-electron chi connectivity index (χ0n) is 11.7. The predicted molar refractivity (Wildman–Crippen MR) is 84.6 cm³/mol. The average molecular weight is 290 g/mol. The summed E-state index contributed by atoms with van der Waals surface area (Å²) < 4.78 is 5.78. The minimum absolute atomic E-state index is 0.328. The lowest BCUT2D eigenvalue weighted by atomic mass is 10.1. The van der Waals surface area contributed by atoms with Gasteiger partial charge in [0.2, 0.25) is 0 Å². The minimum Gasteiger partial charge on any atom is -0.492 e. The third-order valence-corrected chi connectivity index (χ3v) is 3.51. The molecule has 106 valence electrons. The van der Waals surface area contributed by atoms with Crippen molar-refractivity contribution >= 4 is 11.6 Å². The first-order chi connectivity index (χ1) is 9.78. The third kappa shape index (κ3) is 4.87. The lowest BCUT2D eigenvalue weighted by Gasteiger charge is -2.17. The standard InChI is InChI=1S/C17H20ClNO/c1-19-16(11-10-14-6-3-2-4-7-14)13-20-17-9-5-8-15(18)12-17/h2-9,12,16,19H,10-11,13H2,1H3. The molecule has 0 amide bonds. The molecule has 1 N–H and O–H groups in total. The van der Waals surface area contributed by atoms with Gasteiger partial charge in [0.05, 0.1) is 0 Å². The molecule has 2 aromatic carbocycles. The zero-order valence-corrected chi connectivity index (χ0v) is 12.4. The molecule has 0 aliphatic heterocycles. The summed E-state index contributed by atoms with van der Waals surface area (Å²) in [5, 5.41) is 4.00. The molecule has 0 heterocycles. The molecule has 0 bridgehead atoms. The fraction of sp³-hybridized carbons (Fsp3) is 0.294. The van der Waals surface area contributed by atoms with Crippen LogP contribution in [0.25, 0.3) is 0 Å². The van der Waals surface area contributed by atoms with Gasteiger partial charge < -0.3 is 10.1 Å². The number of benzene rings is 2. The molecule has 3 heteroatoms. The van der Waals surface area contributed by atoms with E-state index < -0.39 is 0 Å². The van der Waals surface area contributed by atoms with E-state index in [2.05, 4.69) is 29.6 Å². The normalized spacial score (nSPS) is 12.1. The molecule has 2 nitrogen and oxygen atoms in total. The highest BCUT2D eigenvalue weighted by Crippen LogP contribution is 2.17. The van der Waals surface area contributed by atoms with Crippen molar-refractivity contribution < 1.29 is 4.74 Å². The van der Waals surface area contributed by atoms with Crippen molar-refractivity contribution in [2.75, 3.05) is 13.7 Å². The molecule has 0 fully saturated rings. The van der Waals surface area contributed by atoms with Crippen LogP contribution in [0.15, 0.2) is 54.6 Å². The van der Waals surface area contributed by atoms with Crippen LogP contribution < -0.4 is 10.1 Å². The Morgan fingerprint density at radius 3 is 2.60 bits per heavy atom. The van der Waals surface area contributed by atoms with Gasteiger partial charge in [0.15, 0.2) is 0 Å². The van der Waals surface area contributed by atoms with Gasteiger partial charge in [-0.3, -0.25) is 0 Å². The molecule has 0 radical (unpaired) electrons. The molecule has 0 aliphatic rings. The average Bonchev–Trinajstić information content (AvgIpc) is 2.48. The van der Waals surface area contributed by atoms with Gasteiger partial charge in [0.25, 0.3) is 0 Å². The molecule has 20 heavy (non-hydrogen) atoms. The van der Waals surface area contributed by atoms with Crippen molar-refractivity contribution in [1.29, 1.82) is 0 Å². The Hall–Kier alpha value is -1.51. The SMILES string of the molecule is CNC(CCc1ccccc1)COc1cccc(Cl)c1. The summed E-state index contributed by atoms with van der Waals surface area (Å²) in [5.74, 6) is 0.817. The largest absolute Gasteiger partial charge is 0.492 e. The fourth-order valence-electron chi connectivity index (χ4n) is 2.05. The second kappa shape index (κ2) is 7.93. The van der Waals surface area contributed by atoms with E-state index in [1.165, 1.54) is 5.56 Å². The van der Waals surface area contributed by atoms with E-state index in [-0.39, 0.29) is 0 Å². The van der Waals surface area contributed by atoms with E-state index >= 15 is 0 Å². The molecule has 0 aromatic heterocycles. The summed E-state index contributed by atoms with van der Waals surface area (Å²) >= 11 is 5.94. The Balaban J connectivity index is 1.80. The van der Waals surface area contributed by atoms with Gasteiger partial charge >= 0.3 is 0 Å². The van der Waals surface area contributed by atoms with E-state index in [9.17, 15) is 0 Å². The first-order valence-corrected chi connectivity index (χ1v) is 7.25. The number of likely N-dealkylation sites (N-methyl/N-ethyl adjacent to an activating group) is 1. The summed E-state index contributed by atoms with van der Waals surface area (Å²) in [6, 6.07) is 18.3. The lowest BCUT2D eigenvalue weighted by molar-refractivity contribution is 0.263. The van der Waals surface area contributed by atoms with E-state index in [1.807, 2.05) is 37.4 Å². The van der Waals surface area contributed by atoms with Gasteiger partial charge in [0, 0.05) is 11.1 Å². The highest BCUT2D eigenvalue weighted by Gasteiger charge is 2.07. The van der Waals surface area contributed by atoms with E-state index in [4.69, 9.17) is 16.3 Å². The molecule has 1 atom stereocenters. The van der Waals surface area contributed by atoms with Crippen LogP contribution in [-0.2, 0) is 6.42 Å². The molecular formula is C17H20ClNO. The molecule has 0 aliphatic carbocycles. The lowest BCUT2D eigenvalue weighted by Crippen LogP contribution is -2.32. The number of hydrogen-bond donors (Lipinski definition) is 1. The van der Waals surface area contributed by atoms with Crippen LogP contribution >= 0.6 is 11.6 Å². The second-order valence-corrected chi connectivity index (χ2v) is 5.21. The number of hydrogen-bond acceptors (Lipinski definition) is 2. The number of rotatable bonds is 7. The molecule has 0 spiro atoms.